The van der Waals surface area contributed by atoms with Crippen molar-refractivity contribution in [2.24, 2.45) is 0 Å². The number of aliphatic hydroxyl groups excluding tert-OH is 3. The van der Waals surface area contributed by atoms with Crippen LogP contribution in [-0.2, 0) is 9.53 Å². The SMILES string of the molecule is O=C(O)[C@@H]1O[C@@H](Oc2cc(O)c3c(=O)cc(-c4ccccc4O)oc3c2)[C@@H](O)[C@H](O)[C@H]1O. The molecule has 6 N–H and O–H groups in total. The number of carboxylic acid groups (broad SMARTS) is 1. The van der Waals surface area contributed by atoms with Gasteiger partial charge in [0.15, 0.2) is 11.5 Å². The molecule has 1 saturated heterocycles. The zero-order valence-electron chi connectivity index (χ0n) is 16.2. The summed E-state index contributed by atoms with van der Waals surface area (Å²) in [6.07, 6.45) is -9.20. The molecule has 0 saturated carbocycles. The second-order valence-electron chi connectivity index (χ2n) is 7.16. The molecule has 1 fully saturated rings. The first-order valence-corrected chi connectivity index (χ1v) is 9.35. The molecule has 1 aliphatic rings. The van der Waals surface area contributed by atoms with Crippen molar-refractivity contribution >= 4 is 16.9 Å². The fourth-order valence-electron chi connectivity index (χ4n) is 3.41. The van der Waals surface area contributed by atoms with Gasteiger partial charge in [-0.05, 0) is 12.1 Å². The maximum atomic E-state index is 12.5. The number of fused-ring (bicyclic) bond motifs is 1. The maximum absolute atomic E-state index is 12.5. The van der Waals surface area contributed by atoms with Crippen molar-refractivity contribution < 1.29 is 49.3 Å². The van der Waals surface area contributed by atoms with Gasteiger partial charge in [0.1, 0.15) is 52.3 Å². The van der Waals surface area contributed by atoms with Crippen LogP contribution in [0.15, 0.2) is 51.7 Å². The highest BCUT2D eigenvalue weighted by atomic mass is 16.7. The van der Waals surface area contributed by atoms with Crippen molar-refractivity contribution in [2.45, 2.75) is 30.7 Å². The monoisotopic (exact) mass is 446 g/mol. The van der Waals surface area contributed by atoms with E-state index in [4.69, 9.17) is 19.0 Å². The van der Waals surface area contributed by atoms with Gasteiger partial charge in [0.05, 0.1) is 5.56 Å². The lowest BCUT2D eigenvalue weighted by Gasteiger charge is -2.38. The van der Waals surface area contributed by atoms with E-state index in [1.54, 1.807) is 12.1 Å². The molecule has 32 heavy (non-hydrogen) atoms. The second-order valence-corrected chi connectivity index (χ2v) is 7.16. The molecular weight excluding hydrogens is 428 g/mol. The Morgan fingerprint density at radius 3 is 2.34 bits per heavy atom. The van der Waals surface area contributed by atoms with Crippen molar-refractivity contribution in [3.63, 3.8) is 0 Å². The Balaban J connectivity index is 1.73. The summed E-state index contributed by atoms with van der Waals surface area (Å²) in [5.41, 5.74) is -0.511. The Kier molecular flexibility index (Phi) is 5.48. The Morgan fingerprint density at radius 1 is 0.938 bits per heavy atom. The van der Waals surface area contributed by atoms with Crippen LogP contribution in [0.25, 0.3) is 22.3 Å². The number of hydrogen-bond acceptors (Lipinski definition) is 10. The van der Waals surface area contributed by atoms with E-state index in [-0.39, 0.29) is 33.8 Å². The number of phenols is 2. The third kappa shape index (κ3) is 3.74. The smallest absolute Gasteiger partial charge is 0.335 e. The van der Waals surface area contributed by atoms with E-state index in [1.807, 2.05) is 0 Å². The van der Waals surface area contributed by atoms with Gasteiger partial charge in [0, 0.05) is 18.2 Å². The molecule has 3 aromatic rings. The van der Waals surface area contributed by atoms with Crippen LogP contribution < -0.4 is 10.2 Å². The van der Waals surface area contributed by atoms with Crippen LogP contribution >= 0.6 is 0 Å². The van der Waals surface area contributed by atoms with Gasteiger partial charge in [-0.3, -0.25) is 4.79 Å². The molecule has 5 atom stereocenters. The first-order chi connectivity index (χ1) is 15.2. The highest BCUT2D eigenvalue weighted by Crippen LogP contribution is 2.35. The summed E-state index contributed by atoms with van der Waals surface area (Å²) in [6.45, 7) is 0. The normalized spacial score (nSPS) is 25.5. The number of aliphatic carboxylic acids is 1. The Bertz CT molecular complexity index is 1230. The summed E-state index contributed by atoms with van der Waals surface area (Å²) in [4.78, 5) is 23.8. The number of rotatable bonds is 4. The number of hydrogen-bond donors (Lipinski definition) is 6. The molecule has 0 radical (unpaired) electrons. The number of aromatic hydroxyl groups is 2. The number of carbonyl (C=O) groups is 1. The van der Waals surface area contributed by atoms with E-state index in [1.165, 1.54) is 18.2 Å². The molecule has 0 unspecified atom stereocenters. The van der Waals surface area contributed by atoms with Crippen LogP contribution in [0.1, 0.15) is 0 Å². The maximum Gasteiger partial charge on any atom is 0.335 e. The predicted molar refractivity (Wildman–Crippen MR) is 106 cm³/mol. The summed E-state index contributed by atoms with van der Waals surface area (Å²) in [5.74, 6) is -2.44. The zero-order chi connectivity index (χ0) is 23.2. The minimum Gasteiger partial charge on any atom is -0.507 e. The summed E-state index contributed by atoms with van der Waals surface area (Å²) in [5, 5.41) is 59.0. The first kappa shape index (κ1) is 21.6. The average Bonchev–Trinajstić information content (AvgIpc) is 2.73. The van der Waals surface area contributed by atoms with Gasteiger partial charge in [0.2, 0.25) is 6.29 Å². The molecular formula is C21H18O11. The van der Waals surface area contributed by atoms with E-state index in [0.717, 1.165) is 12.1 Å². The van der Waals surface area contributed by atoms with E-state index < -0.39 is 47.9 Å². The van der Waals surface area contributed by atoms with Gasteiger partial charge in [0.25, 0.3) is 0 Å². The summed E-state index contributed by atoms with van der Waals surface area (Å²) in [7, 11) is 0. The van der Waals surface area contributed by atoms with Crippen LogP contribution in [0, 0.1) is 0 Å². The minimum absolute atomic E-state index is 0.00980. The summed E-state index contributed by atoms with van der Waals surface area (Å²) in [6, 6.07) is 9.42. The van der Waals surface area contributed by atoms with Crippen LogP contribution in [0.5, 0.6) is 17.2 Å². The third-order valence-corrected chi connectivity index (χ3v) is 5.02. The molecule has 2 heterocycles. The molecule has 0 aliphatic carbocycles. The van der Waals surface area contributed by atoms with E-state index in [0.29, 0.717) is 0 Å². The number of ether oxygens (including phenoxy) is 2. The summed E-state index contributed by atoms with van der Waals surface area (Å²) < 4.78 is 16.1. The molecule has 0 spiro atoms. The molecule has 2 aromatic carbocycles. The number of benzene rings is 2. The Hall–Kier alpha value is -3.64. The van der Waals surface area contributed by atoms with Gasteiger partial charge in [-0.25, -0.2) is 4.79 Å². The molecule has 1 aromatic heterocycles. The van der Waals surface area contributed by atoms with E-state index in [2.05, 4.69) is 0 Å². The van der Waals surface area contributed by atoms with Crippen LogP contribution in [-0.4, -0.2) is 67.3 Å². The van der Waals surface area contributed by atoms with Gasteiger partial charge < -0.3 is 44.5 Å². The van der Waals surface area contributed by atoms with Crippen molar-refractivity contribution in [2.75, 3.05) is 0 Å². The molecule has 11 heteroatoms. The van der Waals surface area contributed by atoms with Gasteiger partial charge >= 0.3 is 5.97 Å². The fraction of sp³-hybridized carbons (Fsp3) is 0.238. The van der Waals surface area contributed by atoms with Crippen LogP contribution in [0.3, 0.4) is 0 Å². The standard InChI is InChI=1S/C21H18O11/c22-10-4-2-1-3-9(10)13-7-12(24)15-11(23)5-8(6-14(15)31-13)30-21-18(27)16(25)17(26)19(32-21)20(28)29/h1-7,16-19,21-23,25-27H,(H,28,29)/t16-,17-,18+,19-,21-/m1/s1. The third-order valence-electron chi connectivity index (χ3n) is 5.02. The van der Waals surface area contributed by atoms with Crippen LogP contribution in [0.2, 0.25) is 0 Å². The highest BCUT2D eigenvalue weighted by molar-refractivity contribution is 5.86. The Labute approximate surface area is 178 Å². The zero-order valence-corrected chi connectivity index (χ0v) is 16.2. The fourth-order valence-corrected chi connectivity index (χ4v) is 3.41. The lowest BCUT2D eigenvalue weighted by Crippen LogP contribution is -2.61. The van der Waals surface area contributed by atoms with Crippen molar-refractivity contribution in [1.82, 2.24) is 0 Å². The first-order valence-electron chi connectivity index (χ1n) is 9.35. The van der Waals surface area contributed by atoms with E-state index in [9.17, 15) is 35.1 Å². The minimum atomic E-state index is -1.90. The topological polar surface area (TPSA) is 187 Å². The number of phenolic OH excluding ortho intramolecular Hbond substituents is 2. The summed E-state index contributed by atoms with van der Waals surface area (Å²) >= 11 is 0. The van der Waals surface area contributed by atoms with Crippen molar-refractivity contribution in [3.05, 3.63) is 52.7 Å². The van der Waals surface area contributed by atoms with E-state index >= 15 is 0 Å². The lowest BCUT2D eigenvalue weighted by molar-refractivity contribution is -0.271. The number of para-hydroxylation sites is 1. The molecule has 11 nitrogen and oxygen atoms in total. The van der Waals surface area contributed by atoms with Crippen LogP contribution in [0.4, 0.5) is 0 Å². The quantitative estimate of drug-likeness (QED) is 0.320. The molecule has 168 valence electrons. The number of carboxylic acids is 1. The predicted octanol–water partition coefficient (Wildman–Crippen LogP) is 0.142. The molecule has 4 rings (SSSR count). The lowest BCUT2D eigenvalue weighted by atomic mass is 9.99. The molecule has 0 bridgehead atoms. The van der Waals surface area contributed by atoms with Crippen molar-refractivity contribution in [1.29, 1.82) is 0 Å². The highest BCUT2D eigenvalue weighted by Gasteiger charge is 2.48. The van der Waals surface area contributed by atoms with Crippen molar-refractivity contribution in [3.8, 4) is 28.6 Å². The largest absolute Gasteiger partial charge is 0.507 e. The van der Waals surface area contributed by atoms with Gasteiger partial charge in [-0.15, -0.1) is 0 Å². The second kappa shape index (κ2) is 8.13. The molecule has 1 aliphatic heterocycles. The average molecular weight is 446 g/mol. The Morgan fingerprint density at radius 2 is 1.66 bits per heavy atom. The van der Waals surface area contributed by atoms with Gasteiger partial charge in [-0.1, -0.05) is 12.1 Å². The number of aliphatic hydroxyl groups is 3. The molecule has 0 amide bonds. The van der Waals surface area contributed by atoms with Gasteiger partial charge in [-0.2, -0.15) is 0 Å².